The van der Waals surface area contributed by atoms with Crippen LogP contribution in [0.2, 0.25) is 5.15 Å². The molecule has 1 N–H and O–H groups in total. The summed E-state index contributed by atoms with van der Waals surface area (Å²) in [5, 5.41) is 0.232. The van der Waals surface area contributed by atoms with Gasteiger partial charge in [-0.05, 0) is 48.5 Å². The van der Waals surface area contributed by atoms with Crippen LogP contribution in [0.5, 0.6) is 0 Å². The fourth-order valence-corrected chi connectivity index (χ4v) is 2.89. The van der Waals surface area contributed by atoms with Gasteiger partial charge in [-0.25, -0.2) is 9.37 Å². The zero-order valence-electron chi connectivity index (χ0n) is 11.5. The van der Waals surface area contributed by atoms with E-state index in [9.17, 15) is 12.8 Å². The Labute approximate surface area is 136 Å². The highest BCUT2D eigenvalue weighted by Gasteiger charge is 2.14. The molecule has 0 fully saturated rings. The van der Waals surface area contributed by atoms with Crippen molar-refractivity contribution in [3.63, 3.8) is 0 Å². The molecule has 0 saturated heterocycles. The topological polar surface area (TPSA) is 72.2 Å². The number of halogens is 2. The number of aromatic nitrogens is 2. The van der Waals surface area contributed by atoms with Gasteiger partial charge in [0.05, 0.1) is 10.6 Å². The van der Waals surface area contributed by atoms with Gasteiger partial charge in [0.15, 0.2) is 5.15 Å². The number of benzene rings is 2. The van der Waals surface area contributed by atoms with Crippen LogP contribution < -0.4 is 0 Å². The minimum atomic E-state index is -4.26. The van der Waals surface area contributed by atoms with Crippen molar-refractivity contribution >= 4 is 21.7 Å². The lowest BCUT2D eigenvalue weighted by Gasteiger charge is -2.09. The Bertz CT molecular complexity index is 951. The van der Waals surface area contributed by atoms with E-state index in [2.05, 4.69) is 4.98 Å². The van der Waals surface area contributed by atoms with E-state index >= 15 is 0 Å². The van der Waals surface area contributed by atoms with E-state index in [1.807, 2.05) is 0 Å². The lowest BCUT2D eigenvalue weighted by atomic mass is 10.1. The highest BCUT2D eigenvalue weighted by atomic mass is 35.5. The van der Waals surface area contributed by atoms with Crippen LogP contribution in [-0.2, 0) is 10.1 Å². The zero-order valence-corrected chi connectivity index (χ0v) is 13.1. The van der Waals surface area contributed by atoms with Gasteiger partial charge in [0.1, 0.15) is 12.1 Å². The molecular formula is C15H10ClFN2O3S. The number of hydrogen-bond acceptors (Lipinski definition) is 3. The Hall–Kier alpha value is -2.22. The number of rotatable bonds is 3. The van der Waals surface area contributed by atoms with Gasteiger partial charge >= 0.3 is 0 Å². The Morgan fingerprint density at radius 2 is 1.65 bits per heavy atom. The summed E-state index contributed by atoms with van der Waals surface area (Å²) in [6.45, 7) is 0. The minimum Gasteiger partial charge on any atom is -0.297 e. The molecule has 23 heavy (non-hydrogen) atoms. The maximum Gasteiger partial charge on any atom is 0.294 e. The maximum absolute atomic E-state index is 13.1. The summed E-state index contributed by atoms with van der Waals surface area (Å²) in [6, 6.07) is 11.3. The van der Waals surface area contributed by atoms with Crippen LogP contribution in [0.25, 0.3) is 16.9 Å². The normalized spacial score (nSPS) is 11.6. The van der Waals surface area contributed by atoms with E-state index in [1.165, 1.54) is 42.7 Å². The summed E-state index contributed by atoms with van der Waals surface area (Å²) < 4.78 is 45.9. The Kier molecular flexibility index (Phi) is 3.93. The van der Waals surface area contributed by atoms with Crippen molar-refractivity contribution in [1.82, 2.24) is 9.55 Å². The van der Waals surface area contributed by atoms with Gasteiger partial charge in [0.25, 0.3) is 10.1 Å². The molecule has 0 bridgehead atoms. The van der Waals surface area contributed by atoms with Gasteiger partial charge in [-0.1, -0.05) is 11.6 Å². The van der Waals surface area contributed by atoms with E-state index in [0.29, 0.717) is 16.9 Å². The first kappa shape index (κ1) is 15.7. The summed E-state index contributed by atoms with van der Waals surface area (Å²) in [6.07, 6.45) is 1.48. The van der Waals surface area contributed by atoms with Crippen molar-refractivity contribution < 1.29 is 17.4 Å². The molecule has 0 radical (unpaired) electrons. The smallest absolute Gasteiger partial charge is 0.294 e. The average molecular weight is 353 g/mol. The summed E-state index contributed by atoms with van der Waals surface area (Å²) in [7, 11) is -4.26. The van der Waals surface area contributed by atoms with Crippen molar-refractivity contribution in [2.24, 2.45) is 0 Å². The van der Waals surface area contributed by atoms with E-state index < -0.39 is 10.1 Å². The molecule has 118 valence electrons. The van der Waals surface area contributed by atoms with Crippen LogP contribution in [0, 0.1) is 5.82 Å². The van der Waals surface area contributed by atoms with Gasteiger partial charge in [-0.2, -0.15) is 8.42 Å². The van der Waals surface area contributed by atoms with Crippen molar-refractivity contribution in [3.05, 3.63) is 65.8 Å². The number of imidazole rings is 1. The highest BCUT2D eigenvalue weighted by molar-refractivity contribution is 7.85. The fraction of sp³-hybridized carbons (Fsp3) is 0. The summed E-state index contributed by atoms with van der Waals surface area (Å²) >= 11 is 6.11. The predicted octanol–water partition coefficient (Wildman–Crippen LogP) is 3.58. The standard InChI is InChI=1S/C15H10ClFN2O3S/c16-15-14(10-1-3-11(17)4-2-10)19(9-18-15)12-5-7-13(8-6-12)23(20,21)22/h1-9H,(H,20,21,22). The van der Waals surface area contributed by atoms with Gasteiger partial charge in [0, 0.05) is 11.3 Å². The average Bonchev–Trinajstić information content (AvgIpc) is 2.89. The van der Waals surface area contributed by atoms with Crippen molar-refractivity contribution in [2.45, 2.75) is 4.90 Å². The molecule has 1 heterocycles. The lowest BCUT2D eigenvalue weighted by Crippen LogP contribution is -2.00. The Morgan fingerprint density at radius 1 is 1.04 bits per heavy atom. The first-order valence-corrected chi connectivity index (χ1v) is 8.25. The molecule has 0 unspecified atom stereocenters. The van der Waals surface area contributed by atoms with Crippen LogP contribution in [0.3, 0.4) is 0 Å². The second kappa shape index (κ2) is 5.77. The minimum absolute atomic E-state index is 0.212. The van der Waals surface area contributed by atoms with Gasteiger partial charge in [-0.15, -0.1) is 0 Å². The van der Waals surface area contributed by atoms with Crippen molar-refractivity contribution in [3.8, 4) is 16.9 Å². The van der Waals surface area contributed by atoms with Gasteiger partial charge in [0.2, 0.25) is 0 Å². The van der Waals surface area contributed by atoms with E-state index in [-0.39, 0.29) is 15.9 Å². The molecule has 0 amide bonds. The highest BCUT2D eigenvalue weighted by Crippen LogP contribution is 2.30. The van der Waals surface area contributed by atoms with Crippen molar-refractivity contribution in [2.75, 3.05) is 0 Å². The van der Waals surface area contributed by atoms with Crippen LogP contribution in [-0.4, -0.2) is 22.5 Å². The molecule has 0 aliphatic heterocycles. The molecule has 8 heteroatoms. The van der Waals surface area contributed by atoms with Gasteiger partial charge < -0.3 is 0 Å². The third-order valence-electron chi connectivity index (χ3n) is 3.25. The third kappa shape index (κ3) is 3.12. The molecule has 0 aliphatic carbocycles. The predicted molar refractivity (Wildman–Crippen MR) is 83.8 cm³/mol. The first-order chi connectivity index (χ1) is 10.9. The van der Waals surface area contributed by atoms with Crippen LogP contribution in [0.4, 0.5) is 4.39 Å². The quantitative estimate of drug-likeness (QED) is 0.731. The van der Waals surface area contributed by atoms with E-state index in [1.54, 1.807) is 16.7 Å². The van der Waals surface area contributed by atoms with Gasteiger partial charge in [-0.3, -0.25) is 9.12 Å². The largest absolute Gasteiger partial charge is 0.297 e. The zero-order chi connectivity index (χ0) is 16.6. The van der Waals surface area contributed by atoms with Crippen molar-refractivity contribution in [1.29, 1.82) is 0 Å². The number of hydrogen-bond donors (Lipinski definition) is 1. The molecule has 0 saturated carbocycles. The second-order valence-electron chi connectivity index (χ2n) is 4.73. The van der Waals surface area contributed by atoms with Crippen LogP contribution in [0.15, 0.2) is 59.8 Å². The molecule has 0 aliphatic rings. The molecule has 3 aromatic rings. The van der Waals surface area contributed by atoms with Crippen LogP contribution >= 0.6 is 11.6 Å². The summed E-state index contributed by atoms with van der Waals surface area (Å²) in [5.74, 6) is -0.367. The molecule has 0 spiro atoms. The molecular weight excluding hydrogens is 343 g/mol. The monoisotopic (exact) mass is 352 g/mol. The molecule has 0 atom stereocenters. The summed E-state index contributed by atoms with van der Waals surface area (Å²) in [5.41, 5.74) is 1.80. The summed E-state index contributed by atoms with van der Waals surface area (Å²) in [4.78, 5) is 3.82. The maximum atomic E-state index is 13.1. The molecule has 2 aromatic carbocycles. The Balaban J connectivity index is 2.10. The Morgan fingerprint density at radius 3 is 2.22 bits per heavy atom. The van der Waals surface area contributed by atoms with Crippen LogP contribution in [0.1, 0.15) is 0 Å². The molecule has 1 aromatic heterocycles. The number of nitrogens with zero attached hydrogens (tertiary/aromatic N) is 2. The first-order valence-electron chi connectivity index (χ1n) is 6.43. The molecule has 3 rings (SSSR count). The van der Waals surface area contributed by atoms with E-state index in [4.69, 9.17) is 16.2 Å². The third-order valence-corrected chi connectivity index (χ3v) is 4.40. The second-order valence-corrected chi connectivity index (χ2v) is 6.51. The molecule has 5 nitrogen and oxygen atoms in total. The fourth-order valence-electron chi connectivity index (χ4n) is 2.17. The lowest BCUT2D eigenvalue weighted by molar-refractivity contribution is 0.483. The SMILES string of the molecule is O=S(=O)(O)c1ccc(-n2cnc(Cl)c2-c2ccc(F)cc2)cc1. The van der Waals surface area contributed by atoms with E-state index in [0.717, 1.165) is 0 Å².